The van der Waals surface area contributed by atoms with Crippen LogP contribution in [0.3, 0.4) is 0 Å². The molecule has 0 aliphatic carbocycles. The average Bonchev–Trinajstić information content (AvgIpc) is 3.15. The number of benzene rings is 2. The normalized spacial score (nSPS) is 11.1. The van der Waals surface area contributed by atoms with Crippen LogP contribution in [0.5, 0.6) is 0 Å². The van der Waals surface area contributed by atoms with Gasteiger partial charge in [0.1, 0.15) is 17.0 Å². The molecule has 2 aromatic carbocycles. The lowest BCUT2D eigenvalue weighted by Crippen LogP contribution is -2.04. The number of halogens is 3. The van der Waals surface area contributed by atoms with Gasteiger partial charge in [-0.05, 0) is 53.9 Å². The zero-order valence-electron chi connectivity index (χ0n) is 16.7. The molecule has 7 heteroatoms. The van der Waals surface area contributed by atoms with Gasteiger partial charge in [0, 0.05) is 11.8 Å². The summed E-state index contributed by atoms with van der Waals surface area (Å²) in [6, 6.07) is 19.6. The quantitative estimate of drug-likeness (QED) is 0.410. The largest absolute Gasteiger partial charge is 0.416 e. The fourth-order valence-electron chi connectivity index (χ4n) is 3.18. The van der Waals surface area contributed by atoms with Gasteiger partial charge in [0.15, 0.2) is 0 Å². The number of fused-ring (bicyclic) bond motifs is 1. The van der Waals surface area contributed by atoms with Crippen LogP contribution in [0.2, 0.25) is 0 Å². The molecule has 4 aromatic rings. The van der Waals surface area contributed by atoms with Gasteiger partial charge in [-0.3, -0.25) is 4.40 Å². The number of imidazole rings is 1. The molecular formula is C25H16F3N3O. The van der Waals surface area contributed by atoms with E-state index in [4.69, 9.17) is 10.00 Å². The number of aromatic nitrogens is 2. The summed E-state index contributed by atoms with van der Waals surface area (Å²) in [4.78, 5) is 4.55. The Morgan fingerprint density at radius 3 is 2.53 bits per heavy atom. The maximum absolute atomic E-state index is 13.0. The van der Waals surface area contributed by atoms with Crippen LogP contribution in [0, 0.1) is 23.2 Å². The van der Waals surface area contributed by atoms with Gasteiger partial charge in [-0.2, -0.15) is 18.4 Å². The Hall–Kier alpha value is -4.07. The number of nitriles is 1. The van der Waals surface area contributed by atoms with Crippen molar-refractivity contribution in [3.05, 3.63) is 107 Å². The maximum atomic E-state index is 13.0. The summed E-state index contributed by atoms with van der Waals surface area (Å²) in [6.07, 6.45) is -2.64. The number of nitrogens with zero attached hydrogens (tertiary/aromatic N) is 3. The van der Waals surface area contributed by atoms with Crippen LogP contribution in [0.1, 0.15) is 33.6 Å². The average molecular weight is 431 g/mol. The zero-order chi connectivity index (χ0) is 22.6. The smallest absolute Gasteiger partial charge is 0.370 e. The van der Waals surface area contributed by atoms with E-state index < -0.39 is 11.7 Å². The van der Waals surface area contributed by atoms with E-state index >= 15 is 0 Å². The SMILES string of the molecule is N#Cc1cccc(COCc2nc3ccccn3c2C#Cc2cccc(C(F)(F)F)c2)c1. The fourth-order valence-corrected chi connectivity index (χ4v) is 3.18. The van der Waals surface area contributed by atoms with Crippen molar-refractivity contribution in [3.63, 3.8) is 0 Å². The topological polar surface area (TPSA) is 50.3 Å². The minimum Gasteiger partial charge on any atom is -0.370 e. The van der Waals surface area contributed by atoms with Gasteiger partial charge in [-0.15, -0.1) is 0 Å². The lowest BCUT2D eigenvalue weighted by Gasteiger charge is -2.06. The van der Waals surface area contributed by atoms with Gasteiger partial charge in [-0.1, -0.05) is 30.2 Å². The molecule has 0 saturated heterocycles. The van der Waals surface area contributed by atoms with Crippen LogP contribution < -0.4 is 0 Å². The van der Waals surface area contributed by atoms with Crippen LogP contribution in [0.25, 0.3) is 5.65 Å². The molecule has 0 amide bonds. The van der Waals surface area contributed by atoms with Crippen LogP contribution in [0.15, 0.2) is 72.9 Å². The summed E-state index contributed by atoms with van der Waals surface area (Å²) in [6.45, 7) is 0.439. The van der Waals surface area contributed by atoms with E-state index in [1.807, 2.05) is 24.3 Å². The van der Waals surface area contributed by atoms with E-state index in [2.05, 4.69) is 22.9 Å². The summed E-state index contributed by atoms with van der Waals surface area (Å²) in [5.41, 5.74) is 2.69. The van der Waals surface area contributed by atoms with Gasteiger partial charge in [-0.25, -0.2) is 4.98 Å². The Morgan fingerprint density at radius 2 is 1.72 bits per heavy atom. The van der Waals surface area contributed by atoms with Crippen molar-refractivity contribution in [2.24, 2.45) is 0 Å². The lowest BCUT2D eigenvalue weighted by atomic mass is 10.1. The highest BCUT2D eigenvalue weighted by Crippen LogP contribution is 2.29. The van der Waals surface area contributed by atoms with Gasteiger partial charge in [0.25, 0.3) is 0 Å². The molecule has 2 aromatic heterocycles. The third kappa shape index (κ3) is 4.80. The number of hydrogen-bond donors (Lipinski definition) is 0. The number of ether oxygens (including phenoxy) is 1. The molecule has 0 fully saturated rings. The molecule has 0 unspecified atom stereocenters. The molecule has 0 bridgehead atoms. The van der Waals surface area contributed by atoms with Gasteiger partial charge >= 0.3 is 6.18 Å². The first kappa shape index (κ1) is 21.2. The van der Waals surface area contributed by atoms with Crippen molar-refractivity contribution >= 4 is 5.65 Å². The van der Waals surface area contributed by atoms with Gasteiger partial charge in [0.05, 0.1) is 30.4 Å². The van der Waals surface area contributed by atoms with Crippen molar-refractivity contribution < 1.29 is 17.9 Å². The molecule has 2 heterocycles. The lowest BCUT2D eigenvalue weighted by molar-refractivity contribution is -0.137. The van der Waals surface area contributed by atoms with Crippen molar-refractivity contribution in [3.8, 4) is 17.9 Å². The zero-order valence-corrected chi connectivity index (χ0v) is 16.7. The summed E-state index contributed by atoms with van der Waals surface area (Å²) < 4.78 is 46.5. The molecule has 0 aliphatic rings. The second-order valence-corrected chi connectivity index (χ2v) is 6.97. The molecule has 4 rings (SSSR count). The highest BCUT2D eigenvalue weighted by Gasteiger charge is 2.30. The van der Waals surface area contributed by atoms with Crippen molar-refractivity contribution in [1.82, 2.24) is 9.38 Å². The van der Waals surface area contributed by atoms with Gasteiger partial charge in [0.2, 0.25) is 0 Å². The van der Waals surface area contributed by atoms with E-state index in [0.29, 0.717) is 22.6 Å². The first-order valence-corrected chi connectivity index (χ1v) is 9.66. The number of hydrogen-bond acceptors (Lipinski definition) is 3. The molecule has 0 radical (unpaired) electrons. The molecule has 32 heavy (non-hydrogen) atoms. The van der Waals surface area contributed by atoms with E-state index in [0.717, 1.165) is 17.7 Å². The predicted octanol–water partition coefficient (Wildman–Crippen LogP) is 5.34. The van der Waals surface area contributed by atoms with E-state index in [1.54, 1.807) is 28.8 Å². The van der Waals surface area contributed by atoms with Gasteiger partial charge < -0.3 is 4.74 Å². The summed E-state index contributed by atoms with van der Waals surface area (Å²) in [5, 5.41) is 9.02. The Kier molecular flexibility index (Phi) is 5.93. The molecule has 0 spiro atoms. The number of rotatable bonds is 4. The standard InChI is InChI=1S/C25H16F3N3O/c26-25(27,28)21-8-4-5-18(14-21)10-11-23-22(30-24-9-1-2-12-31(23)24)17-32-16-20-7-3-6-19(13-20)15-29/h1-9,12-14H,16-17H2. The highest BCUT2D eigenvalue weighted by molar-refractivity contribution is 5.51. The van der Waals surface area contributed by atoms with Crippen molar-refractivity contribution in [2.75, 3.05) is 0 Å². The Morgan fingerprint density at radius 1 is 0.906 bits per heavy atom. The van der Waals surface area contributed by atoms with Crippen LogP contribution in [-0.4, -0.2) is 9.38 Å². The molecule has 0 atom stereocenters. The van der Waals surface area contributed by atoms with Crippen LogP contribution >= 0.6 is 0 Å². The second kappa shape index (κ2) is 8.97. The summed E-state index contributed by atoms with van der Waals surface area (Å²) in [7, 11) is 0. The first-order valence-electron chi connectivity index (χ1n) is 9.66. The second-order valence-electron chi connectivity index (χ2n) is 6.97. The molecule has 158 valence electrons. The minimum atomic E-state index is -4.43. The highest BCUT2D eigenvalue weighted by atomic mass is 19.4. The molecule has 0 aliphatic heterocycles. The maximum Gasteiger partial charge on any atom is 0.416 e. The summed E-state index contributed by atoms with van der Waals surface area (Å²) in [5.74, 6) is 5.77. The summed E-state index contributed by atoms with van der Waals surface area (Å²) >= 11 is 0. The van der Waals surface area contributed by atoms with Crippen molar-refractivity contribution in [2.45, 2.75) is 19.4 Å². The van der Waals surface area contributed by atoms with Crippen molar-refractivity contribution in [1.29, 1.82) is 5.26 Å². The third-order valence-corrected chi connectivity index (χ3v) is 4.68. The monoisotopic (exact) mass is 431 g/mol. The molecule has 0 saturated carbocycles. The first-order chi connectivity index (χ1) is 15.4. The Balaban J connectivity index is 1.60. The van der Waals surface area contributed by atoms with Crippen LogP contribution in [0.4, 0.5) is 13.2 Å². The fraction of sp³-hybridized carbons (Fsp3) is 0.120. The third-order valence-electron chi connectivity index (χ3n) is 4.68. The van der Waals surface area contributed by atoms with E-state index in [1.165, 1.54) is 12.1 Å². The number of alkyl halides is 3. The van der Waals surface area contributed by atoms with Crippen LogP contribution in [-0.2, 0) is 24.1 Å². The molecule has 0 N–H and O–H groups in total. The molecular weight excluding hydrogens is 415 g/mol. The Labute approximate surface area is 182 Å². The van der Waals surface area contributed by atoms with E-state index in [9.17, 15) is 13.2 Å². The van der Waals surface area contributed by atoms with E-state index in [-0.39, 0.29) is 18.8 Å². The number of pyridine rings is 1. The molecule has 4 nitrogen and oxygen atoms in total. The minimum absolute atomic E-state index is 0.158. The Bertz CT molecular complexity index is 1370. The predicted molar refractivity (Wildman–Crippen MR) is 112 cm³/mol.